The summed E-state index contributed by atoms with van der Waals surface area (Å²) in [5, 5.41) is 0. The highest BCUT2D eigenvalue weighted by molar-refractivity contribution is 5.95. The fourth-order valence-electron chi connectivity index (χ4n) is 6.11. The Morgan fingerprint density at radius 1 is 0.844 bits per heavy atom. The normalized spacial score (nSPS) is 20.6. The highest BCUT2D eigenvalue weighted by Crippen LogP contribution is 2.38. The summed E-state index contributed by atoms with van der Waals surface area (Å²) in [5.74, 6) is -0.602. The van der Waals surface area contributed by atoms with Gasteiger partial charge in [-0.3, -0.25) is 9.69 Å². The summed E-state index contributed by atoms with van der Waals surface area (Å²) in [6.07, 6.45) is -8.64. The number of likely N-dealkylation sites (N-methyl/N-ethyl adjacent to an activating group) is 1. The molecule has 0 spiro atoms. The number of carbonyl (C=O) groups excluding carboxylic acids is 2. The third-order valence-electron chi connectivity index (χ3n) is 8.44. The second kappa shape index (κ2) is 13.1. The van der Waals surface area contributed by atoms with Gasteiger partial charge in [0.05, 0.1) is 18.2 Å². The second-order valence-corrected chi connectivity index (χ2v) is 12.6. The van der Waals surface area contributed by atoms with Crippen LogP contribution in [0.3, 0.4) is 0 Å². The van der Waals surface area contributed by atoms with Gasteiger partial charge in [0.2, 0.25) is 0 Å². The molecule has 248 valence electrons. The van der Waals surface area contributed by atoms with E-state index in [2.05, 4.69) is 4.90 Å². The predicted molar refractivity (Wildman–Crippen MR) is 155 cm³/mol. The highest BCUT2D eigenvalue weighted by atomic mass is 19.4. The Bertz CT molecular complexity index is 1320. The molecule has 2 saturated heterocycles. The molecule has 2 fully saturated rings. The van der Waals surface area contributed by atoms with E-state index < -0.39 is 46.6 Å². The number of hydrogen-bond acceptors (Lipinski definition) is 5. The van der Waals surface area contributed by atoms with Crippen LogP contribution in [0.5, 0.6) is 5.75 Å². The number of carbonyl (C=O) groups is 2. The Labute approximate surface area is 259 Å². The van der Waals surface area contributed by atoms with Gasteiger partial charge in [-0.2, -0.15) is 26.3 Å². The number of benzene rings is 2. The van der Waals surface area contributed by atoms with Crippen LogP contribution < -0.4 is 4.74 Å². The van der Waals surface area contributed by atoms with Gasteiger partial charge >= 0.3 is 18.4 Å². The van der Waals surface area contributed by atoms with E-state index in [-0.39, 0.29) is 24.1 Å². The smallest absolute Gasteiger partial charge is 0.416 e. The van der Waals surface area contributed by atoms with Gasteiger partial charge in [-0.25, -0.2) is 4.79 Å². The zero-order valence-electron chi connectivity index (χ0n) is 26.0. The lowest BCUT2D eigenvalue weighted by Gasteiger charge is -2.47. The van der Waals surface area contributed by atoms with E-state index in [4.69, 9.17) is 9.47 Å². The molecule has 0 unspecified atom stereocenters. The van der Waals surface area contributed by atoms with Crippen LogP contribution in [0.1, 0.15) is 73.0 Å². The van der Waals surface area contributed by atoms with Crippen LogP contribution in [-0.4, -0.2) is 84.7 Å². The minimum atomic E-state index is -5.06. The summed E-state index contributed by atoms with van der Waals surface area (Å²) in [6.45, 7) is 7.52. The van der Waals surface area contributed by atoms with Gasteiger partial charge in [-0.1, -0.05) is 12.1 Å². The molecule has 0 saturated carbocycles. The minimum Gasteiger partial charge on any atom is -0.497 e. The quantitative estimate of drug-likeness (QED) is 0.327. The van der Waals surface area contributed by atoms with Crippen LogP contribution in [0.2, 0.25) is 0 Å². The maximum Gasteiger partial charge on any atom is 0.416 e. The lowest BCUT2D eigenvalue weighted by molar-refractivity contribution is -0.143. The maximum absolute atomic E-state index is 13.6. The van der Waals surface area contributed by atoms with Crippen molar-refractivity contribution in [1.82, 2.24) is 14.7 Å². The SMILES string of the molecule is COc1ccc([C@@H]2CN(C3CCN(C(=O)OC(C)(C)C)CC3)CC[C@H]2N(C)C(=O)c2cc(C(F)(F)F)cc(C(F)(F)F)c2)cc1. The summed E-state index contributed by atoms with van der Waals surface area (Å²) >= 11 is 0. The number of likely N-dealkylation sites (tertiary alicyclic amines) is 2. The van der Waals surface area contributed by atoms with Crippen LogP contribution in [0.15, 0.2) is 42.5 Å². The average Bonchev–Trinajstić information content (AvgIpc) is 2.98. The van der Waals surface area contributed by atoms with Crippen LogP contribution in [0, 0.1) is 0 Å². The Morgan fingerprint density at radius 2 is 1.40 bits per heavy atom. The first-order valence-electron chi connectivity index (χ1n) is 14.8. The van der Waals surface area contributed by atoms with Gasteiger partial charge in [0, 0.05) is 56.8 Å². The van der Waals surface area contributed by atoms with Crippen LogP contribution in [0.4, 0.5) is 31.1 Å². The molecule has 2 aliphatic heterocycles. The molecule has 2 atom stereocenters. The van der Waals surface area contributed by atoms with Crippen molar-refractivity contribution < 1.29 is 45.4 Å². The Kier molecular flexibility index (Phi) is 10.0. The molecule has 2 heterocycles. The fourth-order valence-corrected chi connectivity index (χ4v) is 6.11. The number of rotatable bonds is 5. The largest absolute Gasteiger partial charge is 0.497 e. The van der Waals surface area contributed by atoms with Crippen molar-refractivity contribution in [2.24, 2.45) is 0 Å². The van der Waals surface area contributed by atoms with Crippen molar-refractivity contribution in [3.63, 3.8) is 0 Å². The number of halogens is 6. The monoisotopic (exact) mass is 643 g/mol. The maximum atomic E-state index is 13.6. The van der Waals surface area contributed by atoms with Gasteiger partial charge in [0.15, 0.2) is 0 Å². The Balaban J connectivity index is 1.57. The predicted octanol–water partition coefficient (Wildman–Crippen LogP) is 7.06. The minimum absolute atomic E-state index is 0.0174. The number of piperidine rings is 2. The number of hydrogen-bond donors (Lipinski definition) is 0. The lowest BCUT2D eigenvalue weighted by atomic mass is 9.83. The molecule has 0 N–H and O–H groups in total. The third-order valence-corrected chi connectivity index (χ3v) is 8.44. The van der Waals surface area contributed by atoms with Crippen molar-refractivity contribution in [1.29, 1.82) is 0 Å². The first-order chi connectivity index (χ1) is 20.9. The molecule has 0 aromatic heterocycles. The molecule has 4 rings (SSSR count). The fraction of sp³-hybridized carbons (Fsp3) is 0.562. The lowest BCUT2D eigenvalue weighted by Crippen LogP contribution is -2.55. The van der Waals surface area contributed by atoms with E-state index in [0.717, 1.165) is 5.56 Å². The van der Waals surface area contributed by atoms with Crippen LogP contribution >= 0.6 is 0 Å². The number of amides is 2. The number of methoxy groups -OCH3 is 1. The van der Waals surface area contributed by atoms with Gasteiger partial charge in [0.1, 0.15) is 11.4 Å². The average molecular weight is 644 g/mol. The summed E-state index contributed by atoms with van der Waals surface area (Å²) < 4.78 is 91.9. The molecular formula is C32H39F6N3O4. The van der Waals surface area contributed by atoms with Crippen molar-refractivity contribution in [3.05, 3.63) is 64.7 Å². The molecule has 13 heteroatoms. The van der Waals surface area contributed by atoms with Crippen LogP contribution in [-0.2, 0) is 17.1 Å². The molecule has 2 aromatic rings. The summed E-state index contributed by atoms with van der Waals surface area (Å²) in [5.41, 5.74) is -3.49. The van der Waals surface area contributed by atoms with Crippen LogP contribution in [0.25, 0.3) is 0 Å². The molecule has 2 aliphatic rings. The molecule has 45 heavy (non-hydrogen) atoms. The van der Waals surface area contributed by atoms with Gasteiger partial charge in [-0.05, 0) is 75.9 Å². The van der Waals surface area contributed by atoms with Crippen molar-refractivity contribution in [2.75, 3.05) is 40.3 Å². The van der Waals surface area contributed by atoms with Crippen molar-refractivity contribution in [3.8, 4) is 5.75 Å². The third kappa shape index (κ3) is 8.42. The molecule has 2 amide bonds. The number of nitrogens with zero attached hydrogens (tertiary/aromatic N) is 3. The molecule has 2 aromatic carbocycles. The van der Waals surface area contributed by atoms with E-state index in [9.17, 15) is 35.9 Å². The van der Waals surface area contributed by atoms with E-state index in [0.29, 0.717) is 63.3 Å². The molecule has 7 nitrogen and oxygen atoms in total. The Morgan fingerprint density at radius 3 is 1.89 bits per heavy atom. The molecular weight excluding hydrogens is 604 g/mol. The summed E-state index contributed by atoms with van der Waals surface area (Å²) in [6, 6.07) is 7.86. The standard InChI is InChI=1S/C32H39F6N3O4/c1-30(2,3)45-29(43)40-13-10-24(11-14-40)41-15-12-27(26(19-41)20-6-8-25(44-5)9-7-20)39(4)28(42)21-16-22(31(33,34)35)18-23(17-21)32(36,37)38/h6-9,16-18,24,26-27H,10-15,19H2,1-5H3/t26-,27+/m0/s1. The second-order valence-electron chi connectivity index (χ2n) is 12.6. The molecule has 0 radical (unpaired) electrons. The van der Waals surface area contributed by atoms with Gasteiger partial charge < -0.3 is 19.3 Å². The van der Waals surface area contributed by atoms with E-state index in [1.807, 2.05) is 32.9 Å². The molecule has 0 aliphatic carbocycles. The number of alkyl halides is 6. The van der Waals surface area contributed by atoms with E-state index in [1.54, 1.807) is 17.0 Å². The molecule has 0 bridgehead atoms. The summed E-state index contributed by atoms with van der Waals surface area (Å²) in [4.78, 5) is 31.4. The number of ether oxygens (including phenoxy) is 2. The first kappa shape index (κ1) is 34.4. The topological polar surface area (TPSA) is 62.3 Å². The zero-order valence-corrected chi connectivity index (χ0v) is 26.0. The van der Waals surface area contributed by atoms with E-state index >= 15 is 0 Å². The zero-order chi connectivity index (χ0) is 33.3. The van der Waals surface area contributed by atoms with Gasteiger partial charge in [0.25, 0.3) is 5.91 Å². The van der Waals surface area contributed by atoms with E-state index in [1.165, 1.54) is 19.1 Å². The first-order valence-corrected chi connectivity index (χ1v) is 14.8. The highest BCUT2D eigenvalue weighted by Gasteiger charge is 2.41. The Hall–Kier alpha value is -3.48. The van der Waals surface area contributed by atoms with Crippen molar-refractivity contribution in [2.45, 2.75) is 76.0 Å². The van der Waals surface area contributed by atoms with Gasteiger partial charge in [-0.15, -0.1) is 0 Å². The van der Waals surface area contributed by atoms with Crippen molar-refractivity contribution >= 4 is 12.0 Å². The summed E-state index contributed by atoms with van der Waals surface area (Å²) in [7, 11) is 2.95.